The van der Waals surface area contributed by atoms with E-state index in [2.05, 4.69) is 27.4 Å². The number of hydrogen-bond donors (Lipinski definition) is 1. The van der Waals surface area contributed by atoms with E-state index in [1.807, 2.05) is 91.8 Å². The van der Waals surface area contributed by atoms with E-state index in [1.54, 1.807) is 6.07 Å². The van der Waals surface area contributed by atoms with Crippen LogP contribution >= 0.6 is 23.4 Å². The van der Waals surface area contributed by atoms with E-state index in [0.717, 1.165) is 16.9 Å². The van der Waals surface area contributed by atoms with Crippen molar-refractivity contribution in [3.8, 4) is 0 Å². The van der Waals surface area contributed by atoms with Crippen molar-refractivity contribution in [2.24, 2.45) is 0 Å². The molecule has 1 unspecified atom stereocenters. The third kappa shape index (κ3) is 7.07. The zero-order chi connectivity index (χ0) is 24.6. The standard InChI is InChI=1S/C28H27ClN4OS/c1-33(2)26-18-25(29)31-28(32-26)35-19-21-12-9-15-23(16-21)27(34)30-24(22-13-7-4-8-14-22)17-20-10-5-3-6-11-20/h3-16,18,24H,17,19H2,1-2H3,(H,30,34). The Kier molecular flexibility index (Phi) is 8.40. The van der Waals surface area contributed by atoms with Gasteiger partial charge in [0.1, 0.15) is 11.0 Å². The SMILES string of the molecule is CN(C)c1cc(Cl)nc(SCc2cccc(C(=O)NC(Cc3ccccc3)c3ccccc3)c2)n1. The van der Waals surface area contributed by atoms with E-state index < -0.39 is 0 Å². The Balaban J connectivity index is 1.47. The third-order valence-corrected chi connectivity index (χ3v) is 6.58. The highest BCUT2D eigenvalue weighted by molar-refractivity contribution is 7.98. The van der Waals surface area contributed by atoms with Crippen LogP contribution in [-0.4, -0.2) is 30.0 Å². The first-order valence-corrected chi connectivity index (χ1v) is 12.7. The number of aromatic nitrogens is 2. The molecule has 3 aromatic carbocycles. The molecule has 0 saturated carbocycles. The van der Waals surface area contributed by atoms with Crippen LogP contribution in [0.25, 0.3) is 0 Å². The summed E-state index contributed by atoms with van der Waals surface area (Å²) in [5.74, 6) is 1.28. The van der Waals surface area contributed by atoms with Crippen molar-refractivity contribution in [1.82, 2.24) is 15.3 Å². The molecule has 5 nitrogen and oxygen atoms in total. The first-order chi connectivity index (χ1) is 17.0. The van der Waals surface area contributed by atoms with Crippen LogP contribution in [0.5, 0.6) is 0 Å². The Morgan fingerprint density at radius 1 is 0.914 bits per heavy atom. The number of halogens is 1. The maximum absolute atomic E-state index is 13.2. The Labute approximate surface area is 215 Å². The molecule has 1 heterocycles. The second-order valence-electron chi connectivity index (χ2n) is 8.34. The number of nitrogens with one attached hydrogen (secondary N) is 1. The summed E-state index contributed by atoms with van der Waals surface area (Å²) >= 11 is 7.64. The van der Waals surface area contributed by atoms with E-state index in [4.69, 9.17) is 11.6 Å². The van der Waals surface area contributed by atoms with Crippen molar-refractivity contribution < 1.29 is 4.79 Å². The van der Waals surface area contributed by atoms with Crippen LogP contribution in [0.3, 0.4) is 0 Å². The van der Waals surface area contributed by atoms with Crippen molar-refractivity contribution in [3.63, 3.8) is 0 Å². The maximum atomic E-state index is 13.2. The fourth-order valence-electron chi connectivity index (χ4n) is 3.66. The zero-order valence-electron chi connectivity index (χ0n) is 19.7. The fraction of sp³-hybridized carbons (Fsp3) is 0.179. The average molecular weight is 503 g/mol. The summed E-state index contributed by atoms with van der Waals surface area (Å²) in [6.07, 6.45) is 0.715. The molecule has 4 rings (SSSR count). The highest BCUT2D eigenvalue weighted by atomic mass is 35.5. The first kappa shape index (κ1) is 24.8. The van der Waals surface area contributed by atoms with E-state index in [9.17, 15) is 4.79 Å². The van der Waals surface area contributed by atoms with Gasteiger partial charge in [0.05, 0.1) is 6.04 Å². The van der Waals surface area contributed by atoms with Gasteiger partial charge in [-0.05, 0) is 35.2 Å². The molecule has 1 atom stereocenters. The van der Waals surface area contributed by atoms with Gasteiger partial charge < -0.3 is 10.2 Å². The summed E-state index contributed by atoms with van der Waals surface area (Å²) in [6, 6.07) is 29.5. The van der Waals surface area contributed by atoms with Crippen LogP contribution in [0.2, 0.25) is 5.15 Å². The van der Waals surface area contributed by atoms with Gasteiger partial charge in [0.2, 0.25) is 0 Å². The van der Waals surface area contributed by atoms with E-state index in [1.165, 1.54) is 17.3 Å². The van der Waals surface area contributed by atoms with Gasteiger partial charge >= 0.3 is 0 Å². The summed E-state index contributed by atoms with van der Waals surface area (Å²) in [6.45, 7) is 0. The molecule has 0 saturated heterocycles. The fourth-order valence-corrected chi connectivity index (χ4v) is 4.68. The third-order valence-electron chi connectivity index (χ3n) is 5.47. The van der Waals surface area contributed by atoms with Crippen molar-refractivity contribution >= 4 is 35.1 Å². The van der Waals surface area contributed by atoms with Gasteiger partial charge in [-0.3, -0.25) is 4.79 Å². The Morgan fingerprint density at radius 2 is 1.60 bits per heavy atom. The number of thioether (sulfide) groups is 1. The predicted octanol–water partition coefficient (Wildman–Crippen LogP) is 6.20. The number of hydrogen-bond acceptors (Lipinski definition) is 5. The normalized spacial score (nSPS) is 11.6. The average Bonchev–Trinajstić information content (AvgIpc) is 2.88. The van der Waals surface area contributed by atoms with Gasteiger partial charge in [-0.2, -0.15) is 0 Å². The quantitative estimate of drug-likeness (QED) is 0.168. The molecule has 0 spiro atoms. The first-order valence-electron chi connectivity index (χ1n) is 11.3. The van der Waals surface area contributed by atoms with Gasteiger partial charge in [-0.15, -0.1) is 0 Å². The summed E-state index contributed by atoms with van der Waals surface area (Å²) in [4.78, 5) is 24.0. The topological polar surface area (TPSA) is 58.1 Å². The highest BCUT2D eigenvalue weighted by Crippen LogP contribution is 2.25. The molecule has 0 radical (unpaired) electrons. The van der Waals surface area contributed by atoms with Gasteiger partial charge in [0.15, 0.2) is 5.16 Å². The van der Waals surface area contributed by atoms with Gasteiger partial charge in [0, 0.05) is 31.5 Å². The largest absolute Gasteiger partial charge is 0.363 e. The molecule has 0 aliphatic rings. The van der Waals surface area contributed by atoms with Crippen LogP contribution in [-0.2, 0) is 12.2 Å². The molecule has 0 aliphatic heterocycles. The number of nitrogens with zero attached hydrogens (tertiary/aromatic N) is 3. The number of rotatable bonds is 9. The lowest BCUT2D eigenvalue weighted by Crippen LogP contribution is -2.30. The number of amides is 1. The summed E-state index contributed by atoms with van der Waals surface area (Å²) < 4.78 is 0. The lowest BCUT2D eigenvalue weighted by Gasteiger charge is -2.20. The molecular formula is C28H27ClN4OS. The van der Waals surface area contributed by atoms with Crippen molar-refractivity contribution in [3.05, 3.63) is 118 Å². The molecule has 0 fully saturated rings. The van der Waals surface area contributed by atoms with Crippen LogP contribution in [0.15, 0.2) is 96.2 Å². The number of carbonyl (C=O) groups excluding carboxylic acids is 1. The van der Waals surface area contributed by atoms with Crippen LogP contribution in [0, 0.1) is 0 Å². The van der Waals surface area contributed by atoms with Crippen LogP contribution in [0.1, 0.15) is 33.1 Å². The van der Waals surface area contributed by atoms with Gasteiger partial charge in [-0.1, -0.05) is 96.2 Å². The second-order valence-corrected chi connectivity index (χ2v) is 9.67. The monoisotopic (exact) mass is 502 g/mol. The predicted molar refractivity (Wildman–Crippen MR) is 144 cm³/mol. The summed E-state index contributed by atoms with van der Waals surface area (Å²) in [5, 5.41) is 4.24. The van der Waals surface area contributed by atoms with Crippen molar-refractivity contribution in [2.75, 3.05) is 19.0 Å². The van der Waals surface area contributed by atoms with Gasteiger partial charge in [0.25, 0.3) is 5.91 Å². The van der Waals surface area contributed by atoms with Gasteiger partial charge in [-0.25, -0.2) is 9.97 Å². The minimum absolute atomic E-state index is 0.101. The molecule has 4 aromatic rings. The zero-order valence-corrected chi connectivity index (χ0v) is 21.3. The highest BCUT2D eigenvalue weighted by Gasteiger charge is 2.17. The Morgan fingerprint density at radius 3 is 2.31 bits per heavy atom. The number of benzene rings is 3. The molecule has 7 heteroatoms. The number of anilines is 1. The van der Waals surface area contributed by atoms with E-state index >= 15 is 0 Å². The smallest absolute Gasteiger partial charge is 0.251 e. The van der Waals surface area contributed by atoms with Crippen molar-refractivity contribution in [2.45, 2.75) is 23.4 Å². The summed E-state index contributed by atoms with van der Waals surface area (Å²) in [5.41, 5.74) is 3.88. The van der Waals surface area contributed by atoms with Crippen LogP contribution in [0.4, 0.5) is 5.82 Å². The Bertz CT molecular complexity index is 1270. The molecular weight excluding hydrogens is 476 g/mol. The molecule has 35 heavy (non-hydrogen) atoms. The minimum atomic E-state index is -0.131. The lowest BCUT2D eigenvalue weighted by atomic mass is 9.98. The summed E-state index contributed by atoms with van der Waals surface area (Å²) in [7, 11) is 3.82. The molecule has 1 amide bonds. The maximum Gasteiger partial charge on any atom is 0.251 e. The van der Waals surface area contributed by atoms with Crippen molar-refractivity contribution in [1.29, 1.82) is 0 Å². The molecule has 0 aliphatic carbocycles. The Hall–Kier alpha value is -3.35. The van der Waals surface area contributed by atoms with Crippen LogP contribution < -0.4 is 10.2 Å². The van der Waals surface area contributed by atoms with E-state index in [-0.39, 0.29) is 11.9 Å². The molecule has 0 bridgehead atoms. The molecule has 178 valence electrons. The molecule has 1 aromatic heterocycles. The number of carbonyl (C=O) groups is 1. The second kappa shape index (κ2) is 11.9. The molecule has 1 N–H and O–H groups in total. The lowest BCUT2D eigenvalue weighted by molar-refractivity contribution is 0.0936. The minimum Gasteiger partial charge on any atom is -0.363 e. The van der Waals surface area contributed by atoms with E-state index in [0.29, 0.717) is 28.0 Å².